The summed E-state index contributed by atoms with van der Waals surface area (Å²) in [7, 11) is -0.129. The van der Waals surface area contributed by atoms with Gasteiger partial charge in [0, 0.05) is 20.4 Å². The Bertz CT molecular complexity index is 294. The summed E-state index contributed by atoms with van der Waals surface area (Å²) in [5, 5.41) is 0. The summed E-state index contributed by atoms with van der Waals surface area (Å²) in [6, 6.07) is 0. The van der Waals surface area contributed by atoms with Crippen LogP contribution in [0.4, 0.5) is 0 Å². The Morgan fingerprint density at radius 2 is 0.615 bits per heavy atom. The van der Waals surface area contributed by atoms with Crippen molar-refractivity contribution in [2.75, 3.05) is 0 Å². The van der Waals surface area contributed by atoms with E-state index in [4.69, 9.17) is 0 Å². The van der Waals surface area contributed by atoms with Gasteiger partial charge in [-0.05, 0) is 77.0 Å². The normalized spacial score (nSPS) is 22.2. The zero-order valence-electron chi connectivity index (χ0n) is 15.8. The first-order chi connectivity index (χ1) is 11.8. The van der Waals surface area contributed by atoms with Crippen molar-refractivity contribution in [1.82, 2.24) is 0 Å². The SMILES string of the molecule is Cl.O=[PH+]C1CCCCC1.O=[PH+]C1CCCCC1.O=[PH+]C1CCCCC1.[Pd]. The molecule has 3 nitrogen and oxygen atoms in total. The number of rotatable bonds is 3. The van der Waals surface area contributed by atoms with Crippen molar-refractivity contribution in [3.8, 4) is 0 Å². The second-order valence-corrected chi connectivity index (χ2v) is 10.5. The average Bonchev–Trinajstić information content (AvgIpc) is 2.71. The summed E-state index contributed by atoms with van der Waals surface area (Å²) in [4.78, 5) is 0. The summed E-state index contributed by atoms with van der Waals surface area (Å²) in [6.45, 7) is 0. The van der Waals surface area contributed by atoms with E-state index in [0.717, 1.165) is 0 Å². The van der Waals surface area contributed by atoms with Crippen molar-refractivity contribution < 1.29 is 34.1 Å². The van der Waals surface area contributed by atoms with Gasteiger partial charge in [-0.15, -0.1) is 12.4 Å². The van der Waals surface area contributed by atoms with Gasteiger partial charge < -0.3 is 0 Å². The van der Waals surface area contributed by atoms with Gasteiger partial charge in [0.1, 0.15) is 0 Å². The molecule has 0 aromatic carbocycles. The molecule has 8 heteroatoms. The minimum absolute atomic E-state index is 0. The minimum Gasteiger partial charge on any atom is -0.147 e. The Labute approximate surface area is 184 Å². The summed E-state index contributed by atoms with van der Waals surface area (Å²) < 4.78 is 30.9. The molecule has 0 amide bonds. The van der Waals surface area contributed by atoms with Gasteiger partial charge in [-0.3, -0.25) is 0 Å². The van der Waals surface area contributed by atoms with Crippen LogP contribution in [-0.2, 0) is 34.1 Å². The van der Waals surface area contributed by atoms with E-state index in [0.29, 0.717) is 17.0 Å². The quantitative estimate of drug-likeness (QED) is 0.278. The van der Waals surface area contributed by atoms with Crippen LogP contribution in [0.25, 0.3) is 0 Å². The molecule has 0 heterocycles. The molecular weight excluding hydrogens is 499 g/mol. The first kappa shape index (κ1) is 29.5. The summed E-state index contributed by atoms with van der Waals surface area (Å²) in [5.74, 6) is 0. The molecule has 26 heavy (non-hydrogen) atoms. The van der Waals surface area contributed by atoms with Gasteiger partial charge in [0.15, 0.2) is 17.0 Å². The van der Waals surface area contributed by atoms with E-state index in [1.807, 2.05) is 0 Å². The van der Waals surface area contributed by atoms with Crippen molar-refractivity contribution in [2.45, 2.75) is 113 Å². The zero-order chi connectivity index (χ0) is 17.5. The molecule has 3 aliphatic carbocycles. The van der Waals surface area contributed by atoms with Gasteiger partial charge >= 0.3 is 25.4 Å². The smallest absolute Gasteiger partial charge is 0.147 e. The maximum Gasteiger partial charge on any atom is 0.327 e. The fourth-order valence-corrected chi connectivity index (χ4v) is 5.59. The van der Waals surface area contributed by atoms with Gasteiger partial charge in [0.2, 0.25) is 0 Å². The Balaban J connectivity index is 0. The third-order valence-electron chi connectivity index (χ3n) is 5.32. The van der Waals surface area contributed by atoms with Gasteiger partial charge in [0.05, 0.1) is 0 Å². The molecule has 0 aromatic heterocycles. The van der Waals surface area contributed by atoms with Gasteiger partial charge in [-0.2, -0.15) is 0 Å². The predicted molar refractivity (Wildman–Crippen MR) is 115 cm³/mol. The molecule has 0 aliphatic heterocycles. The molecule has 0 aromatic rings. The molecule has 0 saturated heterocycles. The topological polar surface area (TPSA) is 51.2 Å². The minimum atomic E-state index is -0.0430. The molecule has 3 atom stereocenters. The maximum atomic E-state index is 10.3. The van der Waals surface area contributed by atoms with Crippen molar-refractivity contribution in [3.63, 3.8) is 0 Å². The molecule has 3 aliphatic rings. The van der Waals surface area contributed by atoms with E-state index in [1.165, 1.54) is 96.3 Å². The van der Waals surface area contributed by atoms with Crippen LogP contribution in [0.2, 0.25) is 0 Å². The van der Waals surface area contributed by atoms with E-state index < -0.39 is 0 Å². The third kappa shape index (κ3) is 15.2. The standard InChI is InChI=1S/3C6H11OP.ClH.Pd/c3*7-8-6-4-2-1-3-5-6;;/h3*6H,1-5H2;1H;/p+3. The maximum absolute atomic E-state index is 10.3. The van der Waals surface area contributed by atoms with Crippen LogP contribution in [0.3, 0.4) is 0 Å². The van der Waals surface area contributed by atoms with Crippen LogP contribution < -0.4 is 0 Å². The Kier molecular flexibility index (Phi) is 23.8. The summed E-state index contributed by atoms with van der Waals surface area (Å²) >= 11 is 0. The third-order valence-corrected chi connectivity index (χ3v) is 8.05. The van der Waals surface area contributed by atoms with Crippen LogP contribution in [-0.4, -0.2) is 17.0 Å². The average molecular weight is 536 g/mol. The molecule has 3 rings (SSSR count). The fraction of sp³-hybridized carbons (Fsp3) is 1.00. The number of hydrogen-bond donors (Lipinski definition) is 0. The van der Waals surface area contributed by atoms with E-state index >= 15 is 0 Å². The van der Waals surface area contributed by atoms with Crippen molar-refractivity contribution >= 4 is 37.8 Å². The Morgan fingerprint density at radius 3 is 0.731 bits per heavy atom. The molecule has 3 unspecified atom stereocenters. The Morgan fingerprint density at radius 1 is 0.423 bits per heavy atom. The van der Waals surface area contributed by atoms with Crippen LogP contribution >= 0.6 is 37.8 Å². The van der Waals surface area contributed by atoms with Gasteiger partial charge in [-0.25, -0.2) is 0 Å². The summed E-state index contributed by atoms with van der Waals surface area (Å²) in [6.07, 6.45) is 19.2. The van der Waals surface area contributed by atoms with E-state index in [-0.39, 0.29) is 58.2 Å². The largest absolute Gasteiger partial charge is 0.327 e. The molecule has 156 valence electrons. The first-order valence-electron chi connectivity index (χ1n) is 9.93. The Hall–Kier alpha value is 1.25. The number of hydrogen-bond acceptors (Lipinski definition) is 3. The van der Waals surface area contributed by atoms with Gasteiger partial charge in [0.25, 0.3) is 0 Å². The van der Waals surface area contributed by atoms with E-state index in [1.54, 1.807) is 0 Å². The van der Waals surface area contributed by atoms with E-state index in [9.17, 15) is 13.7 Å². The molecule has 3 saturated carbocycles. The van der Waals surface area contributed by atoms with Crippen molar-refractivity contribution in [2.24, 2.45) is 0 Å². The van der Waals surface area contributed by atoms with Crippen molar-refractivity contribution in [1.29, 1.82) is 0 Å². The second kappa shape index (κ2) is 21.0. The molecule has 3 fully saturated rings. The van der Waals surface area contributed by atoms with Crippen LogP contribution in [0, 0.1) is 0 Å². The monoisotopic (exact) mass is 535 g/mol. The van der Waals surface area contributed by atoms with Crippen LogP contribution in [0.1, 0.15) is 96.3 Å². The fourth-order valence-electron chi connectivity index (χ4n) is 3.66. The van der Waals surface area contributed by atoms with Crippen molar-refractivity contribution in [3.05, 3.63) is 0 Å². The van der Waals surface area contributed by atoms with Gasteiger partial charge in [-0.1, -0.05) is 33.0 Å². The molecule has 0 spiro atoms. The predicted octanol–water partition coefficient (Wildman–Crippen LogP) is 7.45. The molecule has 0 radical (unpaired) electrons. The van der Waals surface area contributed by atoms with Crippen LogP contribution in [0.15, 0.2) is 0 Å². The van der Waals surface area contributed by atoms with Crippen LogP contribution in [0.5, 0.6) is 0 Å². The molecule has 0 N–H and O–H groups in total. The molecular formula is C18H37ClO3P3Pd+3. The molecule has 0 bridgehead atoms. The summed E-state index contributed by atoms with van der Waals surface area (Å²) in [5.41, 5.74) is 1.68. The van der Waals surface area contributed by atoms with E-state index in [2.05, 4.69) is 0 Å². The first-order valence-corrected chi connectivity index (χ1v) is 12.9. The number of halogens is 1. The second-order valence-electron chi connectivity index (χ2n) is 7.36. The zero-order valence-corrected chi connectivity index (χ0v) is 21.2.